The van der Waals surface area contributed by atoms with Crippen LogP contribution in [-0.4, -0.2) is 72.5 Å². The fourth-order valence-corrected chi connectivity index (χ4v) is 8.19. The molecule has 2 aromatic rings. The number of hydrogen-bond acceptors (Lipinski definition) is 6. The highest BCUT2D eigenvalue weighted by Crippen LogP contribution is 2.44. The van der Waals surface area contributed by atoms with Gasteiger partial charge in [-0.3, -0.25) is 14.6 Å². The number of amides is 2. The Balaban J connectivity index is 1.27. The molecule has 0 N–H and O–H groups in total. The van der Waals surface area contributed by atoms with Crippen molar-refractivity contribution in [1.82, 2.24) is 19.1 Å². The standard InChI is InChI=1S/C23H28N4O4S2/c1-25-19(28)14-18(21(25)17-4-2-9-24-15-17)22(29)26-10-6-23(16-26)7-11-27(12-8-23)33(30,31)20-5-3-13-32-20/h2-5,9,13,15,18,21H,6-8,10-12,14,16H2,1H3. The van der Waals surface area contributed by atoms with E-state index in [9.17, 15) is 18.0 Å². The van der Waals surface area contributed by atoms with Gasteiger partial charge in [-0.05, 0) is 47.8 Å². The molecule has 1 spiro atoms. The first kappa shape index (κ1) is 22.5. The minimum Gasteiger partial charge on any atom is -0.342 e. The van der Waals surface area contributed by atoms with Gasteiger partial charge in [0, 0.05) is 52.0 Å². The summed E-state index contributed by atoms with van der Waals surface area (Å²) in [5, 5.41) is 1.78. The van der Waals surface area contributed by atoms with E-state index in [4.69, 9.17) is 0 Å². The molecule has 0 aromatic carbocycles. The maximum Gasteiger partial charge on any atom is 0.252 e. The van der Waals surface area contributed by atoms with Crippen LogP contribution in [0.2, 0.25) is 0 Å². The number of piperidine rings is 1. The summed E-state index contributed by atoms with van der Waals surface area (Å²) in [5.74, 6) is -0.420. The van der Waals surface area contributed by atoms with Gasteiger partial charge in [-0.1, -0.05) is 12.1 Å². The molecule has 3 aliphatic rings. The van der Waals surface area contributed by atoms with Crippen molar-refractivity contribution in [2.75, 3.05) is 33.2 Å². The molecule has 5 heterocycles. The summed E-state index contributed by atoms with van der Waals surface area (Å²) in [5.41, 5.74) is 0.834. The Kier molecular flexibility index (Phi) is 5.78. The molecule has 3 saturated heterocycles. The Hall–Kier alpha value is -2.30. The van der Waals surface area contributed by atoms with Crippen molar-refractivity contribution in [3.63, 3.8) is 0 Å². The van der Waals surface area contributed by atoms with Crippen molar-refractivity contribution in [2.45, 2.75) is 35.9 Å². The van der Waals surface area contributed by atoms with Crippen molar-refractivity contribution < 1.29 is 18.0 Å². The van der Waals surface area contributed by atoms with E-state index in [1.807, 2.05) is 17.0 Å². The van der Waals surface area contributed by atoms with Gasteiger partial charge in [-0.25, -0.2) is 8.42 Å². The SMILES string of the molecule is CN1C(=O)CC(C(=O)N2CCC3(CCN(S(=O)(=O)c4cccs4)CC3)C2)C1c1cccnc1. The number of rotatable bonds is 4. The highest BCUT2D eigenvalue weighted by molar-refractivity contribution is 7.91. The number of carbonyl (C=O) groups excluding carboxylic acids is 2. The van der Waals surface area contributed by atoms with Crippen LogP contribution in [0, 0.1) is 11.3 Å². The molecule has 176 valence electrons. The molecule has 2 aromatic heterocycles. The quantitative estimate of drug-likeness (QED) is 0.659. The Bertz CT molecular complexity index is 1130. The fraction of sp³-hybridized carbons (Fsp3) is 0.522. The molecule has 2 unspecified atom stereocenters. The average Bonchev–Trinajstić information content (AvgIpc) is 3.56. The third-order valence-electron chi connectivity index (χ3n) is 7.55. The number of sulfonamides is 1. The number of thiophene rings is 1. The van der Waals surface area contributed by atoms with Crippen LogP contribution in [-0.2, 0) is 19.6 Å². The maximum absolute atomic E-state index is 13.5. The van der Waals surface area contributed by atoms with Crippen LogP contribution < -0.4 is 0 Å². The molecule has 33 heavy (non-hydrogen) atoms. The summed E-state index contributed by atoms with van der Waals surface area (Å²) in [4.78, 5) is 33.8. The first-order valence-corrected chi connectivity index (χ1v) is 13.6. The Morgan fingerprint density at radius 1 is 1.15 bits per heavy atom. The smallest absolute Gasteiger partial charge is 0.252 e. The number of nitrogens with zero attached hydrogens (tertiary/aromatic N) is 4. The molecule has 0 bridgehead atoms. The monoisotopic (exact) mass is 488 g/mol. The lowest BCUT2D eigenvalue weighted by molar-refractivity contribution is -0.136. The van der Waals surface area contributed by atoms with E-state index in [2.05, 4.69) is 4.98 Å². The van der Waals surface area contributed by atoms with Crippen molar-refractivity contribution >= 4 is 33.2 Å². The molecule has 10 heteroatoms. The highest BCUT2D eigenvalue weighted by Gasteiger charge is 2.49. The zero-order chi connectivity index (χ0) is 23.2. The van der Waals surface area contributed by atoms with Gasteiger partial charge in [-0.2, -0.15) is 4.31 Å². The van der Waals surface area contributed by atoms with Crippen LogP contribution in [0.25, 0.3) is 0 Å². The summed E-state index contributed by atoms with van der Waals surface area (Å²) in [6, 6.07) is 6.86. The molecular weight excluding hydrogens is 460 g/mol. The van der Waals surface area contributed by atoms with Crippen LogP contribution in [0.3, 0.4) is 0 Å². The fourth-order valence-electron chi connectivity index (χ4n) is 5.60. The second-order valence-electron chi connectivity index (χ2n) is 9.39. The van der Waals surface area contributed by atoms with E-state index in [1.165, 1.54) is 11.3 Å². The zero-order valence-corrected chi connectivity index (χ0v) is 20.2. The first-order chi connectivity index (χ1) is 15.8. The maximum atomic E-state index is 13.5. The van der Waals surface area contributed by atoms with Gasteiger partial charge in [0.25, 0.3) is 10.0 Å². The Labute approximate surface area is 198 Å². The van der Waals surface area contributed by atoms with E-state index in [-0.39, 0.29) is 29.7 Å². The summed E-state index contributed by atoms with van der Waals surface area (Å²) in [7, 11) is -1.68. The second kappa shape index (κ2) is 8.48. The third-order valence-corrected chi connectivity index (χ3v) is 10.8. The zero-order valence-electron chi connectivity index (χ0n) is 18.6. The molecule has 5 rings (SSSR count). The van der Waals surface area contributed by atoms with E-state index < -0.39 is 15.9 Å². The predicted octanol–water partition coefficient (Wildman–Crippen LogP) is 2.37. The lowest BCUT2D eigenvalue weighted by Crippen LogP contribution is -2.45. The topological polar surface area (TPSA) is 90.9 Å². The minimum atomic E-state index is -3.44. The molecule has 3 aliphatic heterocycles. The normalized spacial score (nSPS) is 25.8. The lowest BCUT2D eigenvalue weighted by Gasteiger charge is -2.38. The van der Waals surface area contributed by atoms with Crippen molar-refractivity contribution in [1.29, 1.82) is 0 Å². The molecule has 0 aliphatic carbocycles. The van der Waals surface area contributed by atoms with E-state index in [0.29, 0.717) is 30.4 Å². The molecule has 0 saturated carbocycles. The summed E-state index contributed by atoms with van der Waals surface area (Å²) >= 11 is 1.25. The average molecular weight is 489 g/mol. The summed E-state index contributed by atoms with van der Waals surface area (Å²) in [6.07, 6.45) is 6.00. The van der Waals surface area contributed by atoms with Crippen LogP contribution in [0.15, 0.2) is 46.2 Å². The van der Waals surface area contributed by atoms with E-state index >= 15 is 0 Å². The largest absolute Gasteiger partial charge is 0.342 e. The van der Waals surface area contributed by atoms with Gasteiger partial charge in [0.2, 0.25) is 11.8 Å². The van der Waals surface area contributed by atoms with Crippen LogP contribution in [0.4, 0.5) is 0 Å². The molecule has 2 atom stereocenters. The van der Waals surface area contributed by atoms with Crippen molar-refractivity contribution in [3.8, 4) is 0 Å². The van der Waals surface area contributed by atoms with Gasteiger partial charge in [0.1, 0.15) is 4.21 Å². The molecule has 3 fully saturated rings. The summed E-state index contributed by atoms with van der Waals surface area (Å²) in [6.45, 7) is 2.24. The third kappa shape index (κ3) is 3.98. The van der Waals surface area contributed by atoms with Crippen molar-refractivity contribution in [3.05, 3.63) is 47.6 Å². The highest BCUT2D eigenvalue weighted by atomic mass is 32.2. The number of likely N-dealkylation sites (tertiary alicyclic amines) is 2. The number of hydrogen-bond donors (Lipinski definition) is 0. The van der Waals surface area contributed by atoms with Gasteiger partial charge in [0.15, 0.2) is 0 Å². The van der Waals surface area contributed by atoms with Crippen molar-refractivity contribution in [2.24, 2.45) is 11.3 Å². The van der Waals surface area contributed by atoms with Gasteiger partial charge >= 0.3 is 0 Å². The van der Waals surface area contributed by atoms with E-state index in [0.717, 1.165) is 24.8 Å². The predicted molar refractivity (Wildman–Crippen MR) is 124 cm³/mol. The minimum absolute atomic E-state index is 0.0204. The van der Waals surface area contributed by atoms with Crippen LogP contribution in [0.1, 0.15) is 37.3 Å². The van der Waals surface area contributed by atoms with E-state index in [1.54, 1.807) is 46.2 Å². The van der Waals surface area contributed by atoms with Gasteiger partial charge < -0.3 is 9.80 Å². The summed E-state index contributed by atoms with van der Waals surface area (Å²) < 4.78 is 27.7. The number of pyridine rings is 1. The molecule has 0 radical (unpaired) electrons. The molecule has 2 amide bonds. The van der Waals surface area contributed by atoms with Crippen LogP contribution >= 0.6 is 11.3 Å². The van der Waals surface area contributed by atoms with Crippen LogP contribution in [0.5, 0.6) is 0 Å². The van der Waals surface area contributed by atoms with Gasteiger partial charge in [-0.15, -0.1) is 11.3 Å². The number of aromatic nitrogens is 1. The first-order valence-electron chi connectivity index (χ1n) is 11.3. The Morgan fingerprint density at radius 2 is 1.91 bits per heavy atom. The molecular formula is C23H28N4O4S2. The Morgan fingerprint density at radius 3 is 2.58 bits per heavy atom. The number of carbonyl (C=O) groups is 2. The second-order valence-corrected chi connectivity index (χ2v) is 12.5. The van der Waals surface area contributed by atoms with Gasteiger partial charge in [0.05, 0.1) is 12.0 Å². The lowest BCUT2D eigenvalue weighted by atomic mass is 9.78. The molecule has 8 nitrogen and oxygen atoms in total.